The maximum Gasteiger partial charge on any atom is 0.322 e. The molecule has 0 aliphatic carbocycles. The lowest BCUT2D eigenvalue weighted by molar-refractivity contribution is -0.143. The van der Waals surface area contributed by atoms with E-state index in [1.807, 2.05) is 42.5 Å². The lowest BCUT2D eigenvalue weighted by atomic mass is 10.0. The lowest BCUT2D eigenvalue weighted by Gasteiger charge is -2.37. The van der Waals surface area contributed by atoms with Crippen molar-refractivity contribution < 1.29 is 14.3 Å². The van der Waals surface area contributed by atoms with E-state index in [2.05, 4.69) is 46.4 Å². The van der Waals surface area contributed by atoms with Crippen LogP contribution in [0.15, 0.2) is 72.9 Å². The number of hydrogen-bond acceptors (Lipinski definition) is 5. The molecule has 4 rings (SSSR count). The van der Waals surface area contributed by atoms with E-state index in [1.165, 1.54) is 11.1 Å². The molecule has 0 fully saturated rings. The number of urea groups is 1. The van der Waals surface area contributed by atoms with E-state index in [9.17, 15) is 9.59 Å². The number of fused-ring (bicyclic) bond motifs is 1. The fourth-order valence-electron chi connectivity index (χ4n) is 4.12. The summed E-state index contributed by atoms with van der Waals surface area (Å²) in [6.07, 6.45) is 1.81. The number of nitrogens with one attached hydrogen (secondary N) is 1. The number of aromatic nitrogens is 1. The molecule has 7 heteroatoms. The maximum absolute atomic E-state index is 13.4. The summed E-state index contributed by atoms with van der Waals surface area (Å²) in [5.41, 5.74) is 4.02. The van der Waals surface area contributed by atoms with Crippen molar-refractivity contribution in [3.05, 3.63) is 89.6 Å². The number of carbonyl (C=O) groups is 2. The molecule has 0 spiro atoms. The SMILES string of the molecule is CCOC(=O)CC(NC(=O)N1CCN(Cc2ccc(C)cc2)c2ncccc21)c1ccccc1. The van der Waals surface area contributed by atoms with Crippen LogP contribution in [0.1, 0.15) is 36.1 Å². The topological polar surface area (TPSA) is 74.8 Å². The van der Waals surface area contributed by atoms with Crippen LogP contribution in [-0.2, 0) is 16.1 Å². The zero-order valence-corrected chi connectivity index (χ0v) is 19.6. The van der Waals surface area contributed by atoms with Crippen LogP contribution >= 0.6 is 0 Å². The minimum Gasteiger partial charge on any atom is -0.466 e. The lowest BCUT2D eigenvalue weighted by Crippen LogP contribution is -2.49. The van der Waals surface area contributed by atoms with Gasteiger partial charge in [0.05, 0.1) is 24.8 Å². The van der Waals surface area contributed by atoms with Crippen molar-refractivity contribution in [1.29, 1.82) is 0 Å². The molecule has 1 aromatic heterocycles. The van der Waals surface area contributed by atoms with Gasteiger partial charge in [0, 0.05) is 25.8 Å². The average molecular weight is 459 g/mol. The third-order valence-electron chi connectivity index (χ3n) is 5.86. The molecule has 1 unspecified atom stereocenters. The number of rotatable bonds is 7. The smallest absolute Gasteiger partial charge is 0.322 e. The minimum absolute atomic E-state index is 0.0663. The summed E-state index contributed by atoms with van der Waals surface area (Å²) < 4.78 is 5.13. The van der Waals surface area contributed by atoms with Crippen molar-refractivity contribution in [2.24, 2.45) is 0 Å². The van der Waals surface area contributed by atoms with E-state index in [1.54, 1.807) is 18.0 Å². The van der Waals surface area contributed by atoms with Gasteiger partial charge in [-0.3, -0.25) is 9.69 Å². The van der Waals surface area contributed by atoms with Crippen molar-refractivity contribution in [2.75, 3.05) is 29.5 Å². The summed E-state index contributed by atoms with van der Waals surface area (Å²) in [5.74, 6) is 0.424. The van der Waals surface area contributed by atoms with Gasteiger partial charge < -0.3 is 15.0 Å². The molecule has 0 saturated heterocycles. The predicted molar refractivity (Wildman–Crippen MR) is 133 cm³/mol. The Morgan fingerprint density at radius 3 is 2.53 bits per heavy atom. The van der Waals surface area contributed by atoms with Gasteiger partial charge in [-0.25, -0.2) is 9.78 Å². The quantitative estimate of drug-likeness (QED) is 0.523. The Bertz CT molecular complexity index is 1120. The second kappa shape index (κ2) is 10.8. The summed E-state index contributed by atoms with van der Waals surface area (Å²) in [5, 5.41) is 3.04. The number of benzene rings is 2. The van der Waals surface area contributed by atoms with Gasteiger partial charge in [-0.2, -0.15) is 0 Å². The second-order valence-corrected chi connectivity index (χ2v) is 8.33. The number of hydrogen-bond donors (Lipinski definition) is 1. The summed E-state index contributed by atoms with van der Waals surface area (Å²) in [6.45, 7) is 6.03. The van der Waals surface area contributed by atoms with Gasteiger partial charge in [-0.1, -0.05) is 60.2 Å². The van der Waals surface area contributed by atoms with Gasteiger partial charge >= 0.3 is 12.0 Å². The van der Waals surface area contributed by atoms with Gasteiger partial charge in [-0.15, -0.1) is 0 Å². The molecule has 1 atom stereocenters. The number of esters is 1. The number of nitrogens with zero attached hydrogens (tertiary/aromatic N) is 3. The van der Waals surface area contributed by atoms with Crippen LogP contribution in [-0.4, -0.2) is 36.7 Å². The molecular weight excluding hydrogens is 428 g/mol. The number of amides is 2. The summed E-state index contributed by atoms with van der Waals surface area (Å²) in [7, 11) is 0. The Hall–Kier alpha value is -3.87. The van der Waals surface area contributed by atoms with Crippen molar-refractivity contribution in [3.8, 4) is 0 Å². The fraction of sp³-hybridized carbons (Fsp3) is 0.296. The van der Waals surface area contributed by atoms with E-state index in [-0.39, 0.29) is 18.4 Å². The molecular formula is C27H30N4O3. The van der Waals surface area contributed by atoms with Crippen molar-refractivity contribution >= 4 is 23.5 Å². The molecule has 0 bridgehead atoms. The second-order valence-electron chi connectivity index (χ2n) is 8.33. The standard InChI is InChI=1S/C27H30N4O3/c1-3-34-25(32)18-23(22-8-5-4-6-9-22)29-27(33)31-17-16-30(26-24(31)10-7-15-28-26)19-21-13-11-20(2)12-14-21/h4-15,23H,3,16-19H2,1-2H3,(H,29,33). The highest BCUT2D eigenvalue weighted by Crippen LogP contribution is 2.32. The molecule has 2 amide bonds. The largest absolute Gasteiger partial charge is 0.466 e. The van der Waals surface area contributed by atoms with Crippen LogP contribution < -0.4 is 15.1 Å². The molecule has 176 valence electrons. The van der Waals surface area contributed by atoms with Crippen LogP contribution in [0.3, 0.4) is 0 Å². The number of pyridine rings is 1. The highest BCUT2D eigenvalue weighted by atomic mass is 16.5. The van der Waals surface area contributed by atoms with Crippen molar-refractivity contribution in [3.63, 3.8) is 0 Å². The van der Waals surface area contributed by atoms with E-state index in [0.29, 0.717) is 19.7 Å². The molecule has 1 N–H and O–H groups in total. The maximum atomic E-state index is 13.4. The Morgan fingerprint density at radius 2 is 1.79 bits per heavy atom. The van der Waals surface area contributed by atoms with Crippen LogP contribution in [0.5, 0.6) is 0 Å². The summed E-state index contributed by atoms with van der Waals surface area (Å²) in [4.78, 5) is 34.1. The first-order chi connectivity index (χ1) is 16.5. The number of carbonyl (C=O) groups excluding carboxylic acids is 2. The van der Waals surface area contributed by atoms with Crippen LogP contribution in [0.25, 0.3) is 0 Å². The third kappa shape index (κ3) is 5.54. The molecule has 2 aromatic carbocycles. The normalized spacial score (nSPS) is 13.7. The molecule has 7 nitrogen and oxygen atoms in total. The highest BCUT2D eigenvalue weighted by molar-refractivity contribution is 5.96. The van der Waals surface area contributed by atoms with Gasteiger partial charge in [0.25, 0.3) is 0 Å². The van der Waals surface area contributed by atoms with Crippen LogP contribution in [0.4, 0.5) is 16.3 Å². The van der Waals surface area contributed by atoms with E-state index in [0.717, 1.165) is 23.6 Å². The van der Waals surface area contributed by atoms with Gasteiger partial charge in [0.1, 0.15) is 0 Å². The summed E-state index contributed by atoms with van der Waals surface area (Å²) in [6, 6.07) is 20.9. The van der Waals surface area contributed by atoms with Gasteiger partial charge in [0.15, 0.2) is 5.82 Å². The first kappa shape index (κ1) is 23.3. The number of aryl methyl sites for hydroxylation is 1. The van der Waals surface area contributed by atoms with Crippen LogP contribution in [0, 0.1) is 6.92 Å². The third-order valence-corrected chi connectivity index (χ3v) is 5.86. The predicted octanol–water partition coefficient (Wildman–Crippen LogP) is 4.62. The molecule has 0 saturated carbocycles. The van der Waals surface area contributed by atoms with Crippen molar-refractivity contribution in [1.82, 2.24) is 10.3 Å². The Labute approximate surface area is 200 Å². The first-order valence-corrected chi connectivity index (χ1v) is 11.6. The first-order valence-electron chi connectivity index (χ1n) is 11.6. The average Bonchev–Trinajstić information content (AvgIpc) is 2.86. The zero-order chi connectivity index (χ0) is 23.9. The molecule has 1 aliphatic heterocycles. The number of ether oxygens (including phenoxy) is 1. The minimum atomic E-state index is -0.488. The Kier molecular flexibility index (Phi) is 7.42. The number of anilines is 2. The van der Waals surface area contributed by atoms with Crippen molar-refractivity contribution in [2.45, 2.75) is 32.9 Å². The monoisotopic (exact) mass is 458 g/mol. The van der Waals surface area contributed by atoms with Gasteiger partial charge in [0.2, 0.25) is 0 Å². The van der Waals surface area contributed by atoms with Crippen LogP contribution in [0.2, 0.25) is 0 Å². The Morgan fingerprint density at radius 1 is 1.03 bits per heavy atom. The highest BCUT2D eigenvalue weighted by Gasteiger charge is 2.30. The Balaban J connectivity index is 1.53. The fourth-order valence-corrected chi connectivity index (χ4v) is 4.12. The molecule has 1 aliphatic rings. The molecule has 2 heterocycles. The molecule has 3 aromatic rings. The van der Waals surface area contributed by atoms with Gasteiger partial charge in [-0.05, 0) is 37.1 Å². The zero-order valence-electron chi connectivity index (χ0n) is 19.6. The molecule has 34 heavy (non-hydrogen) atoms. The summed E-state index contributed by atoms with van der Waals surface area (Å²) >= 11 is 0. The van der Waals surface area contributed by atoms with E-state index >= 15 is 0 Å². The molecule has 0 radical (unpaired) electrons. The van der Waals surface area contributed by atoms with E-state index in [4.69, 9.17) is 4.74 Å². The van der Waals surface area contributed by atoms with E-state index < -0.39 is 6.04 Å².